The molecule has 2 bridgehead atoms. The van der Waals surface area contributed by atoms with Crippen molar-refractivity contribution in [2.24, 2.45) is 28.6 Å². The van der Waals surface area contributed by atoms with Crippen LogP contribution < -0.4 is 0 Å². The van der Waals surface area contributed by atoms with Gasteiger partial charge in [-0.1, -0.05) is 84.3 Å². The van der Waals surface area contributed by atoms with E-state index in [-0.39, 0.29) is 39.7 Å². The number of halogens is 1. The molecule has 4 aliphatic carbocycles. The molecule has 1 heterocycles. The van der Waals surface area contributed by atoms with Crippen LogP contribution in [0.2, 0.25) is 36.3 Å². The molecule has 49 heavy (non-hydrogen) atoms. The minimum Gasteiger partial charge on any atom is -0.451 e. The molecule has 272 valence electrons. The topological polar surface area (TPSA) is 94.6 Å². The highest BCUT2D eigenvalue weighted by atomic mass is 79.9. The highest BCUT2D eigenvalue weighted by molar-refractivity contribution is 9.10. The number of fused-ring (bicyclic) bond motifs is 5. The number of esters is 1. The number of hydrogen-bond donors (Lipinski definition) is 1. The normalized spacial score (nSPS) is 39.6. The number of epoxide rings is 1. The molecule has 1 aromatic rings. The molecule has 0 amide bonds. The third-order valence-corrected chi connectivity index (χ3v) is 24.0. The first-order valence-corrected chi connectivity index (χ1v) is 24.7. The van der Waals surface area contributed by atoms with Gasteiger partial charge < -0.3 is 23.4 Å². The van der Waals surface area contributed by atoms with E-state index in [1.54, 1.807) is 24.3 Å². The first kappa shape index (κ1) is 37.6. The molecule has 10 heteroatoms. The second-order valence-corrected chi connectivity index (χ2v) is 30.2. The molecule has 3 saturated carbocycles. The molecule has 1 aliphatic heterocycles. The van der Waals surface area contributed by atoms with Crippen LogP contribution in [0.25, 0.3) is 0 Å². The average Bonchev–Trinajstić information content (AvgIpc) is 3.77. The van der Waals surface area contributed by atoms with E-state index in [9.17, 15) is 9.90 Å². The second-order valence-electron chi connectivity index (χ2n) is 19.7. The Morgan fingerprint density at radius 3 is 2.12 bits per heavy atom. The maximum Gasteiger partial charge on any atom is 0.338 e. The van der Waals surface area contributed by atoms with Gasteiger partial charge >= 0.3 is 5.97 Å². The Morgan fingerprint density at radius 2 is 1.57 bits per heavy atom. The molecule has 4 fully saturated rings. The van der Waals surface area contributed by atoms with E-state index in [2.05, 4.69) is 104 Å². The lowest BCUT2D eigenvalue weighted by molar-refractivity contribution is -0.171. The zero-order valence-electron chi connectivity index (χ0n) is 32.2. The van der Waals surface area contributed by atoms with Gasteiger partial charge in [-0.25, -0.2) is 4.79 Å². The summed E-state index contributed by atoms with van der Waals surface area (Å²) in [6, 6.07) is 6.98. The van der Waals surface area contributed by atoms with Crippen LogP contribution in [0.4, 0.5) is 0 Å². The Bertz CT molecular complexity index is 1590. The molecule has 1 aromatic carbocycles. The van der Waals surface area contributed by atoms with Crippen molar-refractivity contribution in [1.82, 2.24) is 0 Å². The third kappa shape index (κ3) is 5.11. The van der Waals surface area contributed by atoms with Gasteiger partial charge in [0.1, 0.15) is 17.5 Å². The van der Waals surface area contributed by atoms with E-state index in [1.807, 2.05) is 13.0 Å². The SMILES string of the molecule is CC1=C[C@]23C(=O)[C@@H](C[C@@]4(CO[Si](C)(C)C(C)(C)C)O[C@H]4[C@]2(O)[C@H]1OC(=O)c1ccc(Br)cc1)[C@@H]1C(C)(C)[C@]1(O[Si](C)(C)C(C)(C)C)C[C@H]3C. The van der Waals surface area contributed by atoms with Gasteiger partial charge in [0, 0.05) is 16.3 Å². The fraction of sp³-hybridized carbons (Fsp3) is 0.744. The van der Waals surface area contributed by atoms with Crippen LogP contribution in [0, 0.1) is 28.6 Å². The molecule has 9 atom stereocenters. The van der Waals surface area contributed by atoms with Crippen molar-refractivity contribution >= 4 is 44.3 Å². The molecule has 1 spiro atoms. The highest BCUT2D eigenvalue weighted by Crippen LogP contribution is 2.78. The molecular weight excluding hydrogens is 716 g/mol. The number of benzene rings is 1. The number of carbonyl (C=O) groups excluding carboxylic acids is 2. The minimum atomic E-state index is -2.29. The quantitative estimate of drug-likeness (QED) is 0.128. The zero-order valence-corrected chi connectivity index (χ0v) is 35.8. The Labute approximate surface area is 304 Å². The Hall–Kier alpha value is -1.15. The Morgan fingerprint density at radius 1 is 1.00 bits per heavy atom. The number of hydrogen-bond acceptors (Lipinski definition) is 7. The standard InChI is InChI=1S/C39H59BrO7Si2/c1-23-19-37-24(2)20-38(47-49(13,14)34(6,7)8)28(35(38,9)10)27(29(37)41)21-36(22-44-48(11,12)33(3,4)5)32(46-36)39(37,43)30(23)45-31(42)25-15-17-26(40)18-16-25/h15-19,24,27-28,30,32,43H,20-22H2,1-14H3/t24-,27+,28-,30+,32-,36+,37+,38+,39-/m1/s1. The molecular formula is C39H59BrO7Si2. The van der Waals surface area contributed by atoms with Gasteiger partial charge in [0.05, 0.1) is 23.2 Å². The first-order chi connectivity index (χ1) is 22.2. The number of aliphatic hydroxyl groups is 1. The van der Waals surface area contributed by atoms with Crippen LogP contribution in [-0.4, -0.2) is 69.1 Å². The maximum absolute atomic E-state index is 15.6. The summed E-state index contributed by atoms with van der Waals surface area (Å²) >= 11 is 3.44. The van der Waals surface area contributed by atoms with Crippen molar-refractivity contribution in [3.05, 3.63) is 46.0 Å². The van der Waals surface area contributed by atoms with Crippen molar-refractivity contribution in [2.45, 2.75) is 147 Å². The first-order valence-electron chi connectivity index (χ1n) is 18.1. The van der Waals surface area contributed by atoms with E-state index < -0.39 is 62.9 Å². The van der Waals surface area contributed by atoms with Crippen molar-refractivity contribution < 1.29 is 33.0 Å². The smallest absolute Gasteiger partial charge is 0.338 e. The number of rotatable bonds is 7. The lowest BCUT2D eigenvalue weighted by Gasteiger charge is -2.47. The summed E-state index contributed by atoms with van der Waals surface area (Å²) in [5.74, 6) is -1.29. The third-order valence-electron chi connectivity index (χ3n) is 14.5. The molecule has 6 rings (SSSR count). The summed E-state index contributed by atoms with van der Waals surface area (Å²) in [6.07, 6.45) is 1.22. The zero-order chi connectivity index (χ0) is 36.8. The molecule has 0 aromatic heterocycles. The van der Waals surface area contributed by atoms with E-state index in [4.69, 9.17) is 18.3 Å². The van der Waals surface area contributed by atoms with E-state index >= 15 is 4.79 Å². The predicted molar refractivity (Wildman–Crippen MR) is 200 cm³/mol. The lowest BCUT2D eigenvalue weighted by Crippen LogP contribution is -2.63. The van der Waals surface area contributed by atoms with Crippen LogP contribution >= 0.6 is 15.9 Å². The van der Waals surface area contributed by atoms with Crippen molar-refractivity contribution in [3.8, 4) is 0 Å². The Kier molecular flexibility index (Phi) is 8.40. The second kappa shape index (κ2) is 10.9. The monoisotopic (exact) mass is 774 g/mol. The van der Waals surface area contributed by atoms with Crippen LogP contribution in [0.3, 0.4) is 0 Å². The van der Waals surface area contributed by atoms with Crippen molar-refractivity contribution in [1.29, 1.82) is 0 Å². The van der Waals surface area contributed by atoms with Gasteiger partial charge in [-0.05, 0) is 97.2 Å². The van der Waals surface area contributed by atoms with Gasteiger partial charge in [0.15, 0.2) is 28.3 Å². The average molecular weight is 776 g/mol. The molecule has 1 N–H and O–H groups in total. The summed E-state index contributed by atoms with van der Waals surface area (Å²) in [5, 5.41) is 13.5. The summed E-state index contributed by atoms with van der Waals surface area (Å²) in [4.78, 5) is 29.3. The van der Waals surface area contributed by atoms with E-state index in [1.165, 1.54) is 0 Å². The van der Waals surface area contributed by atoms with Crippen LogP contribution in [0.15, 0.2) is 40.4 Å². The number of ketones is 1. The van der Waals surface area contributed by atoms with E-state index in [0.717, 1.165) is 4.47 Å². The minimum absolute atomic E-state index is 0.0192. The van der Waals surface area contributed by atoms with E-state index in [0.29, 0.717) is 24.0 Å². The van der Waals surface area contributed by atoms with Gasteiger partial charge in [-0.3, -0.25) is 4.79 Å². The molecule has 5 aliphatic rings. The summed E-state index contributed by atoms with van der Waals surface area (Å²) in [5.41, 5.74) is -3.76. The molecule has 0 radical (unpaired) electrons. The van der Waals surface area contributed by atoms with Gasteiger partial charge in [0.2, 0.25) is 0 Å². The fourth-order valence-electron chi connectivity index (χ4n) is 9.57. The largest absolute Gasteiger partial charge is 0.451 e. The maximum atomic E-state index is 15.6. The number of carbonyl (C=O) groups is 2. The summed E-state index contributed by atoms with van der Waals surface area (Å²) in [6.45, 7) is 31.2. The molecule has 1 saturated heterocycles. The van der Waals surface area contributed by atoms with Crippen LogP contribution in [-0.2, 0) is 23.1 Å². The van der Waals surface area contributed by atoms with Crippen molar-refractivity contribution in [2.75, 3.05) is 6.61 Å². The molecule has 0 unspecified atom stereocenters. The summed E-state index contributed by atoms with van der Waals surface area (Å²) < 4.78 is 28.3. The van der Waals surface area contributed by atoms with Crippen LogP contribution in [0.1, 0.15) is 92.4 Å². The lowest BCUT2D eigenvalue weighted by atomic mass is 9.59. The number of ether oxygens (including phenoxy) is 2. The van der Waals surface area contributed by atoms with Gasteiger partial charge in [-0.15, -0.1) is 0 Å². The predicted octanol–water partition coefficient (Wildman–Crippen LogP) is 8.86. The fourth-order valence-corrected chi connectivity index (χ4v) is 12.6. The number of Topliss-reactive ketones (excluding diaryl/α,β-unsaturated/α-hetero) is 1. The Balaban J connectivity index is 1.49. The van der Waals surface area contributed by atoms with Crippen LogP contribution in [0.5, 0.6) is 0 Å². The highest BCUT2D eigenvalue weighted by Gasteiger charge is 2.88. The van der Waals surface area contributed by atoms with Crippen molar-refractivity contribution in [3.63, 3.8) is 0 Å². The van der Waals surface area contributed by atoms with Gasteiger partial charge in [0.25, 0.3) is 0 Å². The van der Waals surface area contributed by atoms with Gasteiger partial charge in [-0.2, -0.15) is 0 Å². The summed E-state index contributed by atoms with van der Waals surface area (Å²) in [7, 11) is -4.52. The molecule has 7 nitrogen and oxygen atoms in total.